The average Bonchev–Trinajstić information content (AvgIpc) is 3.76. The van der Waals surface area contributed by atoms with Crippen molar-refractivity contribution in [2.24, 2.45) is 5.92 Å². The fourth-order valence-electron chi connectivity index (χ4n) is 4.66. The molecular weight excluding hydrogens is 627 g/mol. The third-order valence-corrected chi connectivity index (χ3v) is 9.73. The van der Waals surface area contributed by atoms with Gasteiger partial charge in [0.1, 0.15) is 11.6 Å². The van der Waals surface area contributed by atoms with E-state index in [1.165, 1.54) is 6.92 Å². The lowest BCUT2D eigenvalue weighted by molar-refractivity contribution is -0.217. The van der Waals surface area contributed by atoms with E-state index in [1.54, 1.807) is 6.07 Å². The zero-order valence-electron chi connectivity index (χ0n) is 22.6. The zero-order valence-corrected chi connectivity index (χ0v) is 24.9. The normalized spacial score (nSPS) is 17.5. The highest BCUT2D eigenvalue weighted by atomic mass is 35.5. The Labute approximate surface area is 250 Å². The van der Waals surface area contributed by atoms with Crippen LogP contribution in [0.25, 0.3) is 0 Å². The number of hydrogen-bond donors (Lipinski definition) is 0. The molecule has 42 heavy (non-hydrogen) atoms. The second-order valence-electron chi connectivity index (χ2n) is 10.4. The van der Waals surface area contributed by atoms with Crippen molar-refractivity contribution in [2.75, 3.05) is 19.7 Å². The van der Waals surface area contributed by atoms with Gasteiger partial charge >= 0.3 is 18.1 Å². The van der Waals surface area contributed by atoms with Gasteiger partial charge in [0.05, 0.1) is 17.4 Å². The molecule has 0 aromatic heterocycles. The maximum absolute atomic E-state index is 15.0. The number of amides is 1. The fourth-order valence-corrected chi connectivity index (χ4v) is 6.71. The minimum absolute atomic E-state index is 0.0523. The lowest BCUT2D eigenvalue weighted by Crippen LogP contribution is -2.44. The first kappa shape index (κ1) is 32.3. The maximum atomic E-state index is 15.0. The molecule has 1 saturated heterocycles. The number of benzene rings is 2. The lowest BCUT2D eigenvalue weighted by atomic mass is 9.95. The third-order valence-electron chi connectivity index (χ3n) is 7.27. The molecule has 0 spiro atoms. The molecule has 2 aromatic carbocycles. The maximum Gasteiger partial charge on any atom is 0.493 e. The molecule has 2 aliphatic rings. The van der Waals surface area contributed by atoms with Gasteiger partial charge in [-0.1, -0.05) is 27.7 Å². The van der Waals surface area contributed by atoms with Crippen LogP contribution in [0.3, 0.4) is 0 Å². The second-order valence-corrected chi connectivity index (χ2v) is 13.3. The van der Waals surface area contributed by atoms with Crippen LogP contribution in [-0.4, -0.2) is 60.8 Å². The number of hydroxylamine groups is 1. The van der Waals surface area contributed by atoms with Crippen LogP contribution >= 0.6 is 23.2 Å². The predicted molar refractivity (Wildman–Crippen MR) is 146 cm³/mol. The molecule has 1 amide bonds. The molecule has 15 heteroatoms. The smallest absolute Gasteiger partial charge is 0.493 e. The molecule has 0 unspecified atom stereocenters. The van der Waals surface area contributed by atoms with Crippen LogP contribution in [0.2, 0.25) is 10.0 Å². The molecule has 2 aromatic rings. The van der Waals surface area contributed by atoms with Crippen LogP contribution in [0.15, 0.2) is 30.3 Å². The fraction of sp³-hybridized carbons (Fsp3) is 0.481. The summed E-state index contributed by atoms with van der Waals surface area (Å²) in [5.74, 6) is -5.70. The molecular formula is C27H28Cl2F4N2O6S. The number of ether oxygens (including phenoxy) is 1. The van der Waals surface area contributed by atoms with E-state index in [0.29, 0.717) is 10.0 Å². The molecule has 2 fully saturated rings. The Hall–Kier alpha value is -2.61. The quantitative estimate of drug-likeness (QED) is 0.245. The highest BCUT2D eigenvalue weighted by Gasteiger charge is 2.50. The topological polar surface area (TPSA) is 93.2 Å². The Morgan fingerprint density at radius 1 is 1.05 bits per heavy atom. The molecule has 4 rings (SSSR count). The SMILES string of the molecule is Cc1cc(C(=O)N(OC(=O)C(F)(F)F)S(=O)(=O)C2CC2)c(F)cc1OCC1CCN([C@@H](C)c2cc(Cl)cc(Cl)c2)CC1. The number of carbonyl (C=O) groups is 2. The van der Waals surface area contributed by atoms with E-state index in [0.717, 1.165) is 43.6 Å². The summed E-state index contributed by atoms with van der Waals surface area (Å²) in [5.41, 5.74) is 0.344. The first-order valence-electron chi connectivity index (χ1n) is 13.1. The van der Waals surface area contributed by atoms with Gasteiger partial charge in [-0.25, -0.2) is 17.6 Å². The monoisotopic (exact) mass is 654 g/mol. The van der Waals surface area contributed by atoms with E-state index in [2.05, 4.69) is 16.7 Å². The summed E-state index contributed by atoms with van der Waals surface area (Å²) >= 11 is 12.3. The highest BCUT2D eigenvalue weighted by molar-refractivity contribution is 7.90. The summed E-state index contributed by atoms with van der Waals surface area (Å²) in [6, 6.07) is 7.31. The first-order valence-corrected chi connectivity index (χ1v) is 15.3. The molecule has 1 aliphatic heterocycles. The summed E-state index contributed by atoms with van der Waals surface area (Å²) in [5, 5.41) is -0.100. The number of piperidine rings is 1. The number of rotatable bonds is 8. The van der Waals surface area contributed by atoms with Crippen molar-refractivity contribution in [3.63, 3.8) is 0 Å². The van der Waals surface area contributed by atoms with Crippen LogP contribution in [0.1, 0.15) is 60.1 Å². The molecule has 1 heterocycles. The Balaban J connectivity index is 1.40. The minimum atomic E-state index is -5.58. The van der Waals surface area contributed by atoms with E-state index in [9.17, 15) is 31.2 Å². The van der Waals surface area contributed by atoms with E-state index < -0.39 is 49.2 Å². The van der Waals surface area contributed by atoms with Gasteiger partial charge < -0.3 is 9.57 Å². The van der Waals surface area contributed by atoms with E-state index in [1.807, 2.05) is 12.1 Å². The standard InChI is InChI=1S/C27H28Cl2F4N2O6S/c1-15-9-22(25(36)35(41-26(37)27(31,32)33)42(38,39)21-3-4-21)23(30)13-24(15)40-14-17-5-7-34(8-6-17)16(2)18-10-19(28)12-20(29)11-18/h9-13,16-17,21H,3-8,14H2,1-2H3/t16-/m0/s1. The first-order chi connectivity index (χ1) is 19.6. The highest BCUT2D eigenvalue weighted by Crippen LogP contribution is 2.35. The summed E-state index contributed by atoms with van der Waals surface area (Å²) < 4.78 is 83.7. The number of halogens is 6. The van der Waals surface area contributed by atoms with Gasteiger partial charge in [-0.3, -0.25) is 9.69 Å². The molecule has 1 atom stereocenters. The average molecular weight is 655 g/mol. The number of nitrogens with zero attached hydrogens (tertiary/aromatic N) is 2. The molecule has 0 N–H and O–H groups in total. The van der Waals surface area contributed by atoms with E-state index in [4.69, 9.17) is 27.9 Å². The molecule has 230 valence electrons. The number of aryl methyl sites for hydroxylation is 1. The Kier molecular flexibility index (Phi) is 9.66. The number of carbonyl (C=O) groups excluding carboxylic acids is 2. The Morgan fingerprint density at radius 2 is 1.64 bits per heavy atom. The van der Waals surface area contributed by atoms with Crippen molar-refractivity contribution < 1.29 is 45.1 Å². The lowest BCUT2D eigenvalue weighted by Gasteiger charge is -2.36. The predicted octanol–water partition coefficient (Wildman–Crippen LogP) is 6.25. The van der Waals surface area contributed by atoms with Crippen LogP contribution < -0.4 is 4.74 Å². The Morgan fingerprint density at radius 3 is 2.19 bits per heavy atom. The Bertz CT molecular complexity index is 1440. The second kappa shape index (κ2) is 12.6. The molecule has 8 nitrogen and oxygen atoms in total. The van der Waals surface area contributed by atoms with Crippen LogP contribution in [-0.2, 0) is 19.7 Å². The molecule has 1 saturated carbocycles. The van der Waals surface area contributed by atoms with Gasteiger partial charge in [-0.2, -0.15) is 13.2 Å². The number of hydrogen-bond acceptors (Lipinski definition) is 7. The van der Waals surface area contributed by atoms with E-state index in [-0.39, 0.29) is 42.7 Å². The van der Waals surface area contributed by atoms with Gasteiger partial charge in [0.15, 0.2) is 0 Å². The van der Waals surface area contributed by atoms with Crippen LogP contribution in [0.5, 0.6) is 5.75 Å². The molecule has 0 radical (unpaired) electrons. The van der Waals surface area contributed by atoms with Gasteiger partial charge in [-0.15, -0.1) is 0 Å². The number of sulfonamides is 1. The summed E-state index contributed by atoms with van der Waals surface area (Å²) in [4.78, 5) is 30.5. The van der Waals surface area contributed by atoms with Gasteiger partial charge in [0.2, 0.25) is 0 Å². The van der Waals surface area contributed by atoms with Crippen LogP contribution in [0, 0.1) is 18.7 Å². The molecule has 0 bridgehead atoms. The van der Waals surface area contributed by atoms with Crippen molar-refractivity contribution in [1.82, 2.24) is 9.37 Å². The van der Waals surface area contributed by atoms with Crippen molar-refractivity contribution >= 4 is 45.1 Å². The molecule has 1 aliphatic carbocycles. The van der Waals surface area contributed by atoms with Crippen molar-refractivity contribution in [3.05, 3.63) is 62.9 Å². The number of alkyl halides is 3. The summed E-state index contributed by atoms with van der Waals surface area (Å²) in [6.45, 7) is 5.30. The van der Waals surface area contributed by atoms with Crippen molar-refractivity contribution in [1.29, 1.82) is 0 Å². The van der Waals surface area contributed by atoms with Crippen molar-refractivity contribution in [3.8, 4) is 5.75 Å². The van der Waals surface area contributed by atoms with Gasteiger partial charge in [0, 0.05) is 22.2 Å². The minimum Gasteiger partial charge on any atom is -0.493 e. The number of likely N-dealkylation sites (tertiary alicyclic amines) is 1. The largest absolute Gasteiger partial charge is 0.493 e. The van der Waals surface area contributed by atoms with Crippen LogP contribution in [0.4, 0.5) is 17.6 Å². The zero-order chi connectivity index (χ0) is 31.0. The van der Waals surface area contributed by atoms with Crippen molar-refractivity contribution in [2.45, 2.75) is 57.0 Å². The van der Waals surface area contributed by atoms with E-state index >= 15 is 4.39 Å². The van der Waals surface area contributed by atoms with Gasteiger partial charge in [-0.05, 0) is 93.9 Å². The summed E-state index contributed by atoms with van der Waals surface area (Å²) in [6.07, 6.45) is -3.90. The van der Waals surface area contributed by atoms with Gasteiger partial charge in [0.25, 0.3) is 10.0 Å². The summed E-state index contributed by atoms with van der Waals surface area (Å²) in [7, 11) is -4.80. The third kappa shape index (κ3) is 7.47.